The van der Waals surface area contributed by atoms with Gasteiger partial charge in [-0.2, -0.15) is 5.10 Å². The predicted molar refractivity (Wildman–Crippen MR) is 83.9 cm³/mol. The Kier molecular flexibility index (Phi) is 4.57. The lowest BCUT2D eigenvalue weighted by Crippen LogP contribution is -2.07. The lowest BCUT2D eigenvalue weighted by molar-refractivity contribution is 0.391. The molecule has 0 saturated carbocycles. The molecule has 3 N–H and O–H groups in total. The van der Waals surface area contributed by atoms with Crippen molar-refractivity contribution >= 4 is 11.5 Å². The second-order valence-electron chi connectivity index (χ2n) is 4.72. The zero-order valence-electron chi connectivity index (χ0n) is 12.9. The van der Waals surface area contributed by atoms with Crippen LogP contribution in [0, 0.1) is 0 Å². The number of hydrogen-bond acceptors (Lipinski definition) is 5. The van der Waals surface area contributed by atoms with Crippen LogP contribution < -0.4 is 20.5 Å². The van der Waals surface area contributed by atoms with Crippen LogP contribution in [0.4, 0.5) is 11.5 Å². The van der Waals surface area contributed by atoms with E-state index >= 15 is 0 Å². The van der Waals surface area contributed by atoms with Crippen molar-refractivity contribution in [1.29, 1.82) is 0 Å². The molecule has 0 radical (unpaired) electrons. The van der Waals surface area contributed by atoms with Crippen LogP contribution in [0.3, 0.4) is 0 Å². The second-order valence-corrected chi connectivity index (χ2v) is 4.72. The quantitative estimate of drug-likeness (QED) is 0.853. The molecule has 0 unspecified atom stereocenters. The molecule has 0 aliphatic carbocycles. The van der Waals surface area contributed by atoms with Crippen molar-refractivity contribution in [2.45, 2.75) is 19.9 Å². The molecule has 0 amide bonds. The van der Waals surface area contributed by atoms with Gasteiger partial charge in [0.1, 0.15) is 17.3 Å². The first-order chi connectivity index (χ1) is 10.1. The van der Waals surface area contributed by atoms with Crippen molar-refractivity contribution in [3.05, 3.63) is 29.5 Å². The fourth-order valence-corrected chi connectivity index (χ4v) is 2.24. The lowest BCUT2D eigenvalue weighted by Gasteiger charge is -2.12. The Hall–Kier alpha value is -2.37. The minimum Gasteiger partial charge on any atom is -0.497 e. The summed E-state index contributed by atoms with van der Waals surface area (Å²) in [6.45, 7) is 2.63. The van der Waals surface area contributed by atoms with Gasteiger partial charge in [0.15, 0.2) is 0 Å². The minimum absolute atomic E-state index is 0.597. The lowest BCUT2D eigenvalue weighted by atomic mass is 10.2. The number of nitrogens with zero attached hydrogens (tertiary/aromatic N) is 2. The van der Waals surface area contributed by atoms with Crippen LogP contribution in [-0.2, 0) is 20.0 Å². The number of aryl methyl sites for hydroxylation is 2. The van der Waals surface area contributed by atoms with E-state index in [9.17, 15) is 0 Å². The summed E-state index contributed by atoms with van der Waals surface area (Å²) >= 11 is 0. The Morgan fingerprint density at radius 1 is 1.29 bits per heavy atom. The molecular formula is C15H22N4O2. The summed E-state index contributed by atoms with van der Waals surface area (Å²) in [7, 11) is 5.16. The van der Waals surface area contributed by atoms with Crippen molar-refractivity contribution in [1.82, 2.24) is 9.78 Å². The summed E-state index contributed by atoms with van der Waals surface area (Å²) in [5.41, 5.74) is 8.73. The smallest absolute Gasteiger partial charge is 0.148 e. The Bertz CT molecular complexity index is 622. The average molecular weight is 290 g/mol. The number of methoxy groups -OCH3 is 2. The highest BCUT2D eigenvalue weighted by atomic mass is 16.5. The Morgan fingerprint density at radius 3 is 2.62 bits per heavy atom. The topological polar surface area (TPSA) is 74.3 Å². The molecule has 2 aromatic rings. The van der Waals surface area contributed by atoms with Gasteiger partial charge in [-0.3, -0.25) is 4.68 Å². The summed E-state index contributed by atoms with van der Waals surface area (Å²) in [5.74, 6) is 2.37. The van der Waals surface area contributed by atoms with Gasteiger partial charge in [0.25, 0.3) is 0 Å². The number of benzene rings is 1. The third-order valence-electron chi connectivity index (χ3n) is 3.44. The Balaban J connectivity index is 2.18. The summed E-state index contributed by atoms with van der Waals surface area (Å²) in [6, 6.07) is 5.74. The van der Waals surface area contributed by atoms with E-state index in [1.54, 1.807) is 18.9 Å². The van der Waals surface area contributed by atoms with Crippen LogP contribution >= 0.6 is 0 Å². The van der Waals surface area contributed by atoms with E-state index in [-0.39, 0.29) is 0 Å². The first kappa shape index (κ1) is 15.0. The van der Waals surface area contributed by atoms with Crippen molar-refractivity contribution in [2.75, 3.05) is 25.3 Å². The van der Waals surface area contributed by atoms with E-state index < -0.39 is 0 Å². The van der Waals surface area contributed by atoms with Crippen LogP contribution in [0.1, 0.15) is 18.2 Å². The zero-order valence-corrected chi connectivity index (χ0v) is 12.9. The van der Waals surface area contributed by atoms with E-state index in [2.05, 4.69) is 10.4 Å². The molecule has 6 heteroatoms. The maximum Gasteiger partial charge on any atom is 0.148 e. The number of ether oxygens (including phenoxy) is 2. The molecule has 0 bridgehead atoms. The molecule has 114 valence electrons. The molecular weight excluding hydrogens is 268 g/mol. The van der Waals surface area contributed by atoms with Gasteiger partial charge in [-0.25, -0.2) is 0 Å². The monoisotopic (exact) mass is 290 g/mol. The van der Waals surface area contributed by atoms with Gasteiger partial charge in [-0.15, -0.1) is 0 Å². The highest BCUT2D eigenvalue weighted by Gasteiger charge is 2.12. The van der Waals surface area contributed by atoms with Gasteiger partial charge < -0.3 is 20.5 Å². The number of aromatic nitrogens is 2. The van der Waals surface area contributed by atoms with Crippen molar-refractivity contribution in [2.24, 2.45) is 7.05 Å². The highest BCUT2D eigenvalue weighted by Crippen LogP contribution is 2.27. The largest absolute Gasteiger partial charge is 0.497 e. The third-order valence-corrected chi connectivity index (χ3v) is 3.44. The normalized spacial score (nSPS) is 10.5. The predicted octanol–water partition coefficient (Wildman–Crippen LogP) is 2.19. The van der Waals surface area contributed by atoms with E-state index in [0.29, 0.717) is 12.2 Å². The number of nitrogens with one attached hydrogen (secondary N) is 1. The van der Waals surface area contributed by atoms with E-state index in [1.807, 2.05) is 32.2 Å². The van der Waals surface area contributed by atoms with Crippen LogP contribution in [0.5, 0.6) is 11.5 Å². The summed E-state index contributed by atoms with van der Waals surface area (Å²) in [6.07, 6.45) is 0.813. The molecule has 21 heavy (non-hydrogen) atoms. The van der Waals surface area contributed by atoms with Gasteiger partial charge in [0.05, 0.1) is 25.6 Å². The number of hydrogen-bond donors (Lipinski definition) is 2. The van der Waals surface area contributed by atoms with Crippen molar-refractivity contribution in [3.63, 3.8) is 0 Å². The highest BCUT2D eigenvalue weighted by molar-refractivity contribution is 5.65. The van der Waals surface area contributed by atoms with Crippen LogP contribution in [-0.4, -0.2) is 24.0 Å². The first-order valence-corrected chi connectivity index (χ1v) is 6.86. The van der Waals surface area contributed by atoms with Gasteiger partial charge in [-0.1, -0.05) is 6.92 Å². The number of nitrogens with two attached hydrogens (primary N) is 1. The number of rotatable bonds is 6. The maximum atomic E-state index is 6.10. The summed E-state index contributed by atoms with van der Waals surface area (Å²) < 4.78 is 12.4. The van der Waals surface area contributed by atoms with Crippen LogP contribution in [0.25, 0.3) is 0 Å². The number of nitrogen functional groups attached to an aromatic ring is 1. The standard InChI is InChI=1S/C15H22N4O2/c1-5-12-14(16)15(19(2)18-12)17-9-10-6-7-11(20-3)8-13(10)21-4/h6-8,17H,5,9,16H2,1-4H3. The molecule has 0 saturated heterocycles. The molecule has 2 rings (SSSR count). The van der Waals surface area contributed by atoms with Crippen molar-refractivity contribution in [3.8, 4) is 11.5 Å². The van der Waals surface area contributed by atoms with E-state index in [4.69, 9.17) is 15.2 Å². The van der Waals surface area contributed by atoms with Gasteiger partial charge in [-0.05, 0) is 18.6 Å². The molecule has 6 nitrogen and oxygen atoms in total. The maximum absolute atomic E-state index is 6.10. The van der Waals surface area contributed by atoms with Gasteiger partial charge in [0.2, 0.25) is 0 Å². The molecule has 0 aliphatic heterocycles. The SMILES string of the molecule is CCc1nn(C)c(NCc2ccc(OC)cc2OC)c1N. The molecule has 0 spiro atoms. The summed E-state index contributed by atoms with van der Waals surface area (Å²) in [4.78, 5) is 0. The van der Waals surface area contributed by atoms with Gasteiger partial charge in [0, 0.05) is 25.2 Å². The summed E-state index contributed by atoms with van der Waals surface area (Å²) in [5, 5.41) is 7.71. The molecule has 1 aromatic carbocycles. The molecule has 1 heterocycles. The number of anilines is 2. The minimum atomic E-state index is 0.597. The third kappa shape index (κ3) is 3.04. The average Bonchev–Trinajstić information content (AvgIpc) is 2.79. The second kappa shape index (κ2) is 6.39. The molecule has 0 aliphatic rings. The van der Waals surface area contributed by atoms with E-state index in [1.165, 1.54) is 0 Å². The zero-order chi connectivity index (χ0) is 15.4. The fraction of sp³-hybridized carbons (Fsp3) is 0.400. The van der Waals surface area contributed by atoms with Crippen LogP contribution in [0.2, 0.25) is 0 Å². The van der Waals surface area contributed by atoms with E-state index in [0.717, 1.165) is 35.0 Å². The van der Waals surface area contributed by atoms with Crippen LogP contribution in [0.15, 0.2) is 18.2 Å². The fourth-order valence-electron chi connectivity index (χ4n) is 2.24. The Morgan fingerprint density at radius 2 is 2.05 bits per heavy atom. The first-order valence-electron chi connectivity index (χ1n) is 6.86. The molecule has 0 atom stereocenters. The Labute approximate surface area is 124 Å². The molecule has 0 fully saturated rings. The van der Waals surface area contributed by atoms with Gasteiger partial charge >= 0.3 is 0 Å². The van der Waals surface area contributed by atoms with Crippen molar-refractivity contribution < 1.29 is 9.47 Å². The molecule has 1 aromatic heterocycles.